The molecular formula is C19H19NO3. The van der Waals surface area contributed by atoms with E-state index in [1.807, 2.05) is 37.3 Å². The average molecular weight is 309 g/mol. The third-order valence-electron chi connectivity index (χ3n) is 4.38. The van der Waals surface area contributed by atoms with Crippen molar-refractivity contribution < 1.29 is 14.7 Å². The highest BCUT2D eigenvalue weighted by atomic mass is 16.4. The molecule has 1 aliphatic rings. The third-order valence-corrected chi connectivity index (χ3v) is 4.38. The molecule has 2 aromatic rings. The van der Waals surface area contributed by atoms with E-state index in [2.05, 4.69) is 5.32 Å². The Balaban J connectivity index is 1.70. The van der Waals surface area contributed by atoms with Gasteiger partial charge in [-0.3, -0.25) is 4.79 Å². The third kappa shape index (κ3) is 3.26. The molecule has 2 aromatic carbocycles. The van der Waals surface area contributed by atoms with E-state index in [0.29, 0.717) is 5.56 Å². The SMILES string of the molecule is Cc1ccccc1C1CC1C(=O)NC(C(=O)O)c1ccccc1. The number of carbonyl (C=O) groups is 2. The number of nitrogens with one attached hydrogen (secondary N) is 1. The lowest BCUT2D eigenvalue weighted by Crippen LogP contribution is -2.35. The van der Waals surface area contributed by atoms with E-state index in [1.54, 1.807) is 24.3 Å². The molecule has 0 heterocycles. The quantitative estimate of drug-likeness (QED) is 0.892. The number of aryl methyl sites for hydroxylation is 1. The zero-order chi connectivity index (χ0) is 16.4. The minimum atomic E-state index is -1.04. The molecule has 0 spiro atoms. The van der Waals surface area contributed by atoms with E-state index < -0.39 is 12.0 Å². The topological polar surface area (TPSA) is 66.4 Å². The lowest BCUT2D eigenvalue weighted by Gasteiger charge is -2.15. The summed E-state index contributed by atoms with van der Waals surface area (Å²) >= 11 is 0. The zero-order valence-electron chi connectivity index (χ0n) is 12.9. The minimum absolute atomic E-state index is 0.137. The van der Waals surface area contributed by atoms with Gasteiger partial charge in [0.05, 0.1) is 0 Å². The standard InChI is InChI=1S/C19H19NO3/c1-12-7-5-6-10-14(12)15-11-16(15)18(21)20-17(19(22)23)13-8-3-2-4-9-13/h2-10,15-17H,11H2,1H3,(H,20,21)(H,22,23). The summed E-state index contributed by atoms with van der Waals surface area (Å²) in [6.07, 6.45) is 0.776. The Hall–Kier alpha value is -2.62. The molecule has 23 heavy (non-hydrogen) atoms. The second-order valence-corrected chi connectivity index (χ2v) is 6.00. The van der Waals surface area contributed by atoms with Crippen LogP contribution in [0.2, 0.25) is 0 Å². The molecule has 4 nitrogen and oxygen atoms in total. The molecule has 0 aromatic heterocycles. The van der Waals surface area contributed by atoms with Crippen LogP contribution in [0.15, 0.2) is 54.6 Å². The summed E-state index contributed by atoms with van der Waals surface area (Å²) in [6, 6.07) is 15.8. The van der Waals surface area contributed by atoms with Gasteiger partial charge in [0.25, 0.3) is 0 Å². The van der Waals surface area contributed by atoms with Gasteiger partial charge in [-0.05, 0) is 36.0 Å². The molecule has 3 rings (SSSR count). The van der Waals surface area contributed by atoms with E-state index >= 15 is 0 Å². The van der Waals surface area contributed by atoms with Crippen molar-refractivity contribution in [3.05, 3.63) is 71.3 Å². The van der Waals surface area contributed by atoms with Crippen molar-refractivity contribution in [1.82, 2.24) is 5.32 Å². The van der Waals surface area contributed by atoms with Crippen molar-refractivity contribution >= 4 is 11.9 Å². The van der Waals surface area contributed by atoms with Crippen LogP contribution < -0.4 is 5.32 Å². The summed E-state index contributed by atoms with van der Waals surface area (Å²) in [5.74, 6) is -1.17. The van der Waals surface area contributed by atoms with Crippen LogP contribution in [0.1, 0.15) is 35.1 Å². The van der Waals surface area contributed by atoms with Crippen LogP contribution >= 0.6 is 0 Å². The number of hydrogen-bond acceptors (Lipinski definition) is 2. The van der Waals surface area contributed by atoms with E-state index in [-0.39, 0.29) is 17.7 Å². The van der Waals surface area contributed by atoms with Crippen molar-refractivity contribution in [2.45, 2.75) is 25.3 Å². The van der Waals surface area contributed by atoms with Crippen molar-refractivity contribution in [2.24, 2.45) is 5.92 Å². The van der Waals surface area contributed by atoms with E-state index in [4.69, 9.17) is 0 Å². The Labute approximate surface area is 135 Å². The summed E-state index contributed by atoms with van der Waals surface area (Å²) < 4.78 is 0. The molecule has 1 saturated carbocycles. The molecule has 0 saturated heterocycles. The van der Waals surface area contributed by atoms with Gasteiger partial charge in [-0.25, -0.2) is 4.79 Å². The second-order valence-electron chi connectivity index (χ2n) is 6.00. The summed E-state index contributed by atoms with van der Waals surface area (Å²) in [5, 5.41) is 12.1. The fourth-order valence-electron chi connectivity index (χ4n) is 3.01. The Kier molecular flexibility index (Phi) is 4.15. The largest absolute Gasteiger partial charge is 0.479 e. The average Bonchev–Trinajstić information content (AvgIpc) is 3.34. The fraction of sp³-hybridized carbons (Fsp3) is 0.263. The highest BCUT2D eigenvalue weighted by molar-refractivity contribution is 5.88. The van der Waals surface area contributed by atoms with Gasteiger partial charge in [-0.2, -0.15) is 0 Å². The normalized spacial score (nSPS) is 20.6. The number of aliphatic carboxylic acids is 1. The van der Waals surface area contributed by atoms with Crippen LogP contribution in [0.5, 0.6) is 0 Å². The molecule has 1 aliphatic carbocycles. The van der Waals surface area contributed by atoms with Crippen molar-refractivity contribution in [3.63, 3.8) is 0 Å². The molecule has 1 amide bonds. The van der Waals surface area contributed by atoms with Crippen LogP contribution in [0.4, 0.5) is 0 Å². The molecule has 3 atom stereocenters. The van der Waals surface area contributed by atoms with Crippen LogP contribution in [-0.2, 0) is 9.59 Å². The zero-order valence-corrected chi connectivity index (χ0v) is 12.9. The van der Waals surface area contributed by atoms with Gasteiger partial charge in [0.15, 0.2) is 6.04 Å². The Morgan fingerprint density at radius 3 is 2.39 bits per heavy atom. The van der Waals surface area contributed by atoms with Gasteiger partial charge in [-0.1, -0.05) is 54.6 Å². The predicted octanol–water partition coefficient (Wildman–Crippen LogP) is 3.04. The number of carboxylic acid groups (broad SMARTS) is 1. The number of rotatable bonds is 5. The molecular weight excluding hydrogens is 290 g/mol. The number of hydrogen-bond donors (Lipinski definition) is 2. The highest BCUT2D eigenvalue weighted by Gasteiger charge is 2.45. The van der Waals surface area contributed by atoms with Gasteiger partial charge >= 0.3 is 5.97 Å². The first-order valence-electron chi connectivity index (χ1n) is 7.71. The molecule has 2 N–H and O–H groups in total. The van der Waals surface area contributed by atoms with Crippen LogP contribution in [0.25, 0.3) is 0 Å². The maximum atomic E-state index is 12.4. The van der Waals surface area contributed by atoms with Gasteiger partial charge in [0.2, 0.25) is 5.91 Å². The highest BCUT2D eigenvalue weighted by Crippen LogP contribution is 2.48. The Bertz CT molecular complexity index is 726. The number of carbonyl (C=O) groups excluding carboxylic acids is 1. The molecule has 0 aliphatic heterocycles. The van der Waals surface area contributed by atoms with Gasteiger partial charge in [0.1, 0.15) is 0 Å². The summed E-state index contributed by atoms with van der Waals surface area (Å²) in [5.41, 5.74) is 2.94. The maximum Gasteiger partial charge on any atom is 0.330 e. The van der Waals surface area contributed by atoms with Crippen molar-refractivity contribution in [2.75, 3.05) is 0 Å². The Morgan fingerprint density at radius 1 is 1.09 bits per heavy atom. The minimum Gasteiger partial charge on any atom is -0.479 e. The monoisotopic (exact) mass is 309 g/mol. The first kappa shape index (κ1) is 15.3. The first-order chi connectivity index (χ1) is 11.1. The van der Waals surface area contributed by atoms with Crippen LogP contribution in [0.3, 0.4) is 0 Å². The van der Waals surface area contributed by atoms with E-state index in [9.17, 15) is 14.7 Å². The second kappa shape index (κ2) is 6.24. The molecule has 118 valence electrons. The first-order valence-corrected chi connectivity index (χ1v) is 7.71. The van der Waals surface area contributed by atoms with Crippen LogP contribution in [0, 0.1) is 12.8 Å². The summed E-state index contributed by atoms with van der Waals surface area (Å²) in [7, 11) is 0. The van der Waals surface area contributed by atoms with Gasteiger partial charge in [0, 0.05) is 5.92 Å². The molecule has 1 fully saturated rings. The van der Waals surface area contributed by atoms with Gasteiger partial charge < -0.3 is 10.4 Å². The van der Waals surface area contributed by atoms with Crippen molar-refractivity contribution in [1.29, 1.82) is 0 Å². The Morgan fingerprint density at radius 2 is 1.74 bits per heavy atom. The molecule has 0 bridgehead atoms. The van der Waals surface area contributed by atoms with E-state index in [0.717, 1.165) is 6.42 Å². The number of carboxylic acids is 1. The molecule has 4 heteroatoms. The summed E-state index contributed by atoms with van der Waals surface area (Å²) in [6.45, 7) is 2.03. The lowest BCUT2D eigenvalue weighted by atomic mass is 10.0. The molecule has 0 radical (unpaired) electrons. The van der Waals surface area contributed by atoms with E-state index in [1.165, 1.54) is 11.1 Å². The lowest BCUT2D eigenvalue weighted by molar-refractivity contribution is -0.142. The predicted molar refractivity (Wildman–Crippen MR) is 87.0 cm³/mol. The maximum absolute atomic E-state index is 12.4. The fourth-order valence-corrected chi connectivity index (χ4v) is 3.01. The van der Waals surface area contributed by atoms with Crippen LogP contribution in [-0.4, -0.2) is 17.0 Å². The summed E-state index contributed by atoms with van der Waals surface area (Å²) in [4.78, 5) is 23.9. The van der Waals surface area contributed by atoms with Crippen molar-refractivity contribution in [3.8, 4) is 0 Å². The van der Waals surface area contributed by atoms with Gasteiger partial charge in [-0.15, -0.1) is 0 Å². The molecule has 3 unspecified atom stereocenters. The number of benzene rings is 2. The smallest absolute Gasteiger partial charge is 0.330 e. The number of amides is 1.